The fraction of sp³-hybridized carbons (Fsp3) is 0.278. The molecule has 0 atom stereocenters. The van der Waals surface area contributed by atoms with E-state index < -0.39 is 21.3 Å². The van der Waals surface area contributed by atoms with E-state index in [1.807, 2.05) is 0 Å². The van der Waals surface area contributed by atoms with Gasteiger partial charge in [-0.05, 0) is 24.3 Å². The Morgan fingerprint density at radius 2 is 1.89 bits per heavy atom. The average Bonchev–Trinajstić information content (AvgIpc) is 2.60. The number of aliphatic hydroxyl groups is 1. The Morgan fingerprint density at radius 3 is 2.43 bits per heavy atom. The van der Waals surface area contributed by atoms with Crippen LogP contribution in [0.15, 0.2) is 41.3 Å². The van der Waals surface area contributed by atoms with Gasteiger partial charge in [-0.2, -0.15) is 9.57 Å². The number of sulfonamides is 1. The Balaban J connectivity index is 1.72. The maximum absolute atomic E-state index is 13.7. The molecule has 1 fully saturated rings. The highest BCUT2D eigenvalue weighted by Crippen LogP contribution is 2.39. The van der Waals surface area contributed by atoms with Gasteiger partial charge in [-0.25, -0.2) is 12.8 Å². The second kappa shape index (κ2) is 7.85. The maximum Gasteiger partial charge on any atom is 0.246 e. The van der Waals surface area contributed by atoms with Crippen LogP contribution in [-0.4, -0.2) is 44.1 Å². The van der Waals surface area contributed by atoms with Crippen LogP contribution in [0.5, 0.6) is 5.75 Å². The summed E-state index contributed by atoms with van der Waals surface area (Å²) in [5, 5.41) is 18.5. The molecule has 6 nitrogen and oxygen atoms in total. The van der Waals surface area contributed by atoms with Gasteiger partial charge in [0.15, 0.2) is 0 Å². The first-order valence-corrected chi connectivity index (χ1v) is 10.3. The molecule has 0 aliphatic carbocycles. The molecule has 3 rings (SSSR count). The van der Waals surface area contributed by atoms with Crippen LogP contribution in [0.3, 0.4) is 0 Å². The Hall–Kier alpha value is -1.89. The smallest absolute Gasteiger partial charge is 0.246 e. The minimum absolute atomic E-state index is 0.00779. The van der Waals surface area contributed by atoms with E-state index >= 15 is 0 Å². The summed E-state index contributed by atoms with van der Waals surface area (Å²) in [6.07, 6.45) is 0. The van der Waals surface area contributed by atoms with Crippen LogP contribution in [0.1, 0.15) is 5.56 Å². The zero-order chi connectivity index (χ0) is 20.5. The maximum atomic E-state index is 13.7. The van der Waals surface area contributed by atoms with E-state index in [9.17, 15) is 17.9 Å². The van der Waals surface area contributed by atoms with E-state index in [-0.39, 0.29) is 52.6 Å². The van der Waals surface area contributed by atoms with Crippen LogP contribution in [0.4, 0.5) is 4.39 Å². The molecule has 0 amide bonds. The highest BCUT2D eigenvalue weighted by Gasteiger charge is 2.49. The van der Waals surface area contributed by atoms with E-state index in [1.165, 1.54) is 24.3 Å². The molecule has 10 heteroatoms. The van der Waals surface area contributed by atoms with Crippen molar-refractivity contribution in [2.24, 2.45) is 5.41 Å². The molecule has 148 valence electrons. The molecule has 0 saturated carbocycles. The predicted molar refractivity (Wildman–Crippen MR) is 101 cm³/mol. The van der Waals surface area contributed by atoms with E-state index in [0.717, 1.165) is 10.4 Å². The average molecular weight is 445 g/mol. The number of rotatable bonds is 6. The molecule has 0 radical (unpaired) electrons. The molecule has 0 bridgehead atoms. The lowest BCUT2D eigenvalue weighted by molar-refractivity contribution is -0.0273. The lowest BCUT2D eigenvalue weighted by Gasteiger charge is -2.47. The first-order chi connectivity index (χ1) is 13.2. The highest BCUT2D eigenvalue weighted by molar-refractivity contribution is 7.89. The van der Waals surface area contributed by atoms with Gasteiger partial charge in [0, 0.05) is 19.2 Å². The minimum Gasteiger partial charge on any atom is -0.493 e. The van der Waals surface area contributed by atoms with Gasteiger partial charge in [0.1, 0.15) is 22.5 Å². The fourth-order valence-electron chi connectivity index (χ4n) is 2.88. The molecule has 2 aromatic rings. The highest BCUT2D eigenvalue weighted by atomic mass is 35.5. The second-order valence-electron chi connectivity index (χ2n) is 6.52. The summed E-state index contributed by atoms with van der Waals surface area (Å²) in [6, 6.07) is 9.91. The number of hydrogen-bond donors (Lipinski definition) is 1. The number of nitriles is 1. The molecular weight excluding hydrogens is 430 g/mol. The van der Waals surface area contributed by atoms with Crippen LogP contribution in [0.25, 0.3) is 0 Å². The predicted octanol–water partition coefficient (Wildman–Crippen LogP) is 3.07. The van der Waals surface area contributed by atoms with Crippen molar-refractivity contribution in [3.63, 3.8) is 0 Å². The number of ether oxygens (including phenoxy) is 1. The van der Waals surface area contributed by atoms with Crippen LogP contribution in [0, 0.1) is 22.6 Å². The monoisotopic (exact) mass is 444 g/mol. The molecule has 0 aromatic heterocycles. The molecule has 28 heavy (non-hydrogen) atoms. The van der Waals surface area contributed by atoms with Crippen LogP contribution < -0.4 is 4.74 Å². The van der Waals surface area contributed by atoms with Crippen molar-refractivity contribution in [3.8, 4) is 11.8 Å². The van der Waals surface area contributed by atoms with E-state index in [2.05, 4.69) is 0 Å². The molecule has 1 N–H and O–H groups in total. The first-order valence-electron chi connectivity index (χ1n) is 8.10. The van der Waals surface area contributed by atoms with E-state index in [4.69, 9.17) is 33.2 Å². The summed E-state index contributed by atoms with van der Waals surface area (Å²) < 4.78 is 45.9. The van der Waals surface area contributed by atoms with Crippen LogP contribution in [0.2, 0.25) is 10.0 Å². The van der Waals surface area contributed by atoms with Crippen LogP contribution in [-0.2, 0) is 10.0 Å². The molecule has 1 saturated heterocycles. The summed E-state index contributed by atoms with van der Waals surface area (Å²) in [5.41, 5.74) is -0.952. The number of aliphatic hydroxyl groups excluding tert-OH is 1. The van der Waals surface area contributed by atoms with Crippen molar-refractivity contribution in [1.82, 2.24) is 4.31 Å². The quantitative estimate of drug-likeness (QED) is 0.738. The van der Waals surface area contributed by atoms with Gasteiger partial charge >= 0.3 is 0 Å². The van der Waals surface area contributed by atoms with E-state index in [0.29, 0.717) is 0 Å². The number of benzene rings is 2. The van der Waals surface area contributed by atoms with Crippen molar-refractivity contribution in [1.29, 1.82) is 5.26 Å². The zero-order valence-corrected chi connectivity index (χ0v) is 16.7. The van der Waals surface area contributed by atoms with Gasteiger partial charge < -0.3 is 9.84 Å². The molecule has 1 aliphatic heterocycles. The number of hydrogen-bond acceptors (Lipinski definition) is 5. The molecule has 0 spiro atoms. The van der Waals surface area contributed by atoms with Crippen molar-refractivity contribution in [2.75, 3.05) is 26.3 Å². The second-order valence-corrected chi connectivity index (χ2v) is 9.21. The zero-order valence-electron chi connectivity index (χ0n) is 14.4. The van der Waals surface area contributed by atoms with Gasteiger partial charge in [-0.3, -0.25) is 0 Å². The molecule has 1 heterocycles. The van der Waals surface area contributed by atoms with Crippen LogP contribution >= 0.6 is 23.2 Å². The fourth-order valence-corrected chi connectivity index (χ4v) is 5.64. The summed E-state index contributed by atoms with van der Waals surface area (Å²) >= 11 is 12.0. The van der Waals surface area contributed by atoms with Crippen molar-refractivity contribution >= 4 is 33.2 Å². The first kappa shape index (κ1) is 20.8. The number of nitrogens with zero attached hydrogens (tertiary/aromatic N) is 2. The summed E-state index contributed by atoms with van der Waals surface area (Å²) in [7, 11) is -3.94. The van der Waals surface area contributed by atoms with Crippen molar-refractivity contribution in [3.05, 3.63) is 57.8 Å². The Bertz CT molecular complexity index is 1030. The van der Waals surface area contributed by atoms with Gasteiger partial charge in [0.2, 0.25) is 10.0 Å². The molecule has 1 aliphatic rings. The largest absolute Gasteiger partial charge is 0.493 e. The Labute approximate surface area is 171 Å². The SMILES string of the molecule is N#Cc1ccc(OCC2(CO)CN(S(=O)(=O)c3c(Cl)cccc3Cl)C2)cc1F. The van der Waals surface area contributed by atoms with E-state index in [1.54, 1.807) is 12.1 Å². The summed E-state index contributed by atoms with van der Waals surface area (Å²) in [6.45, 7) is -0.372. The Morgan fingerprint density at radius 1 is 1.25 bits per heavy atom. The summed E-state index contributed by atoms with van der Waals surface area (Å²) in [4.78, 5) is -0.181. The third-order valence-electron chi connectivity index (χ3n) is 4.48. The van der Waals surface area contributed by atoms with Gasteiger partial charge in [0.25, 0.3) is 0 Å². The standard InChI is InChI=1S/C18H15Cl2FN2O4S/c19-14-2-1-3-15(20)17(14)28(25,26)23-8-18(9-23,10-24)11-27-13-5-4-12(7-22)16(21)6-13/h1-6,24H,8-11H2. The minimum atomic E-state index is -3.94. The van der Waals surface area contributed by atoms with Gasteiger partial charge in [-0.15, -0.1) is 0 Å². The van der Waals surface area contributed by atoms with Gasteiger partial charge in [-0.1, -0.05) is 29.3 Å². The summed E-state index contributed by atoms with van der Waals surface area (Å²) in [5.74, 6) is -0.538. The Kier molecular flexibility index (Phi) is 5.84. The lowest BCUT2D eigenvalue weighted by atomic mass is 9.83. The molecule has 2 aromatic carbocycles. The molecule has 0 unspecified atom stereocenters. The third kappa shape index (κ3) is 3.81. The van der Waals surface area contributed by atoms with Gasteiger partial charge in [0.05, 0.1) is 34.2 Å². The third-order valence-corrected chi connectivity index (χ3v) is 7.23. The normalized spacial score (nSPS) is 16.2. The number of halogens is 3. The topological polar surface area (TPSA) is 90.6 Å². The van der Waals surface area contributed by atoms with Crippen molar-refractivity contribution in [2.45, 2.75) is 4.90 Å². The van der Waals surface area contributed by atoms with Crippen molar-refractivity contribution < 1.29 is 22.7 Å². The lowest BCUT2D eigenvalue weighted by Crippen LogP contribution is -2.62. The molecular formula is C18H15Cl2FN2O4S.